The maximum atomic E-state index is 12.4. The van der Waals surface area contributed by atoms with E-state index < -0.39 is 0 Å². The molecule has 2 nitrogen and oxygen atoms in total. The molecule has 0 unspecified atom stereocenters. The summed E-state index contributed by atoms with van der Waals surface area (Å²) in [4.78, 5) is 17.0. The third-order valence-electron chi connectivity index (χ3n) is 4.78. The van der Waals surface area contributed by atoms with E-state index in [9.17, 15) is 9.90 Å². The molecule has 176 valence electrons. The molecule has 2 heterocycles. The van der Waals surface area contributed by atoms with Crippen LogP contribution in [0.4, 0.5) is 0 Å². The molecule has 32 heavy (non-hydrogen) atoms. The zero-order valence-electron chi connectivity index (χ0n) is 19.3. The van der Waals surface area contributed by atoms with Crippen molar-refractivity contribution in [1.29, 1.82) is 0 Å². The van der Waals surface area contributed by atoms with Crippen LogP contribution in [0.2, 0.25) is 0 Å². The largest absolute Gasteiger partial charge is 0.871 e. The molecule has 1 aliphatic carbocycles. The molecular formula is C28H40O2S2. The second-order valence-electron chi connectivity index (χ2n) is 8.91. The molecule has 0 atom stereocenters. The molecule has 0 aromatic carbocycles. The lowest BCUT2D eigenvalue weighted by Gasteiger charge is -2.29. The first-order valence-electron chi connectivity index (χ1n) is 10.2. The fourth-order valence-corrected chi connectivity index (χ4v) is 4.64. The Morgan fingerprint density at radius 2 is 1.44 bits per heavy atom. The minimum atomic E-state index is -0.161. The van der Waals surface area contributed by atoms with Crippen molar-refractivity contribution in [3.8, 4) is 0 Å². The van der Waals surface area contributed by atoms with Crippen molar-refractivity contribution < 1.29 is 9.90 Å². The maximum Gasteiger partial charge on any atom is 0.217 e. The first-order valence-corrected chi connectivity index (χ1v) is 11.9. The number of ketones is 1. The van der Waals surface area contributed by atoms with E-state index in [4.69, 9.17) is 0 Å². The normalized spacial score (nSPS) is 16.7. The zero-order chi connectivity index (χ0) is 22.6. The van der Waals surface area contributed by atoms with Gasteiger partial charge in [-0.3, -0.25) is 4.79 Å². The highest BCUT2D eigenvalue weighted by molar-refractivity contribution is 8.06. The lowest BCUT2D eigenvalue weighted by Crippen LogP contribution is -2.29. The molecule has 1 aliphatic heterocycles. The fourth-order valence-electron chi connectivity index (χ4n) is 2.84. The van der Waals surface area contributed by atoms with Crippen LogP contribution in [-0.4, -0.2) is 5.78 Å². The minimum absolute atomic E-state index is 0. The number of carbonyl (C=O) groups is 1. The highest BCUT2D eigenvalue weighted by Gasteiger charge is 2.26. The highest BCUT2D eigenvalue weighted by atomic mass is 32.2. The standard InChI is InChI=1S/C20H18O2S2.C6H14.2CH4/c1-11-5-15(6-12(2)23-11)9-17-19(21)18(20(17)22)10-16-7-13(3)24-14(4)8-16;1-5-6(2,3)4;;/h5-10H,1-4H3;5H2,1-4H3;2*1H4. The second-order valence-corrected chi connectivity index (χ2v) is 11.9. The van der Waals surface area contributed by atoms with Crippen molar-refractivity contribution >= 4 is 35.0 Å². The van der Waals surface area contributed by atoms with Gasteiger partial charge in [0.05, 0.1) is 0 Å². The van der Waals surface area contributed by atoms with Gasteiger partial charge in [0.2, 0.25) is 21.1 Å². The van der Waals surface area contributed by atoms with Crippen LogP contribution in [0, 0.1) is 19.3 Å². The van der Waals surface area contributed by atoms with E-state index in [1.165, 1.54) is 6.42 Å². The van der Waals surface area contributed by atoms with Crippen molar-refractivity contribution in [2.24, 2.45) is 5.41 Å². The second kappa shape index (κ2) is 12.4. The molecule has 0 radical (unpaired) electrons. The van der Waals surface area contributed by atoms with E-state index in [-0.39, 0.29) is 37.5 Å². The van der Waals surface area contributed by atoms with Crippen LogP contribution in [-0.2, 0) is 4.79 Å². The Bertz CT molecular complexity index is 956. The van der Waals surface area contributed by atoms with Crippen LogP contribution in [0.5, 0.6) is 0 Å². The summed E-state index contributed by atoms with van der Waals surface area (Å²) in [6, 6.07) is 4.00. The lowest BCUT2D eigenvalue weighted by atomic mass is 9.85. The number of aryl methyl sites for hydroxylation is 2. The van der Waals surface area contributed by atoms with Crippen LogP contribution in [0.15, 0.2) is 62.6 Å². The Labute approximate surface area is 204 Å². The quantitative estimate of drug-likeness (QED) is 0.320. The predicted octanol–water partition coefficient (Wildman–Crippen LogP) is 8.42. The van der Waals surface area contributed by atoms with Gasteiger partial charge in [-0.05, 0) is 64.5 Å². The summed E-state index contributed by atoms with van der Waals surface area (Å²) in [6.45, 7) is 17.0. The zero-order valence-corrected chi connectivity index (χ0v) is 20.9. The summed E-state index contributed by atoms with van der Waals surface area (Å²) >= 11 is 3.39. The molecule has 3 rings (SSSR count). The Morgan fingerprint density at radius 3 is 1.84 bits per heavy atom. The third kappa shape index (κ3) is 8.55. The number of carbonyl (C=O) groups excluding carboxylic acids is 1. The van der Waals surface area contributed by atoms with E-state index in [1.807, 2.05) is 52.0 Å². The summed E-state index contributed by atoms with van der Waals surface area (Å²) in [6.07, 6.45) is 8.68. The van der Waals surface area contributed by atoms with Crippen molar-refractivity contribution in [2.45, 2.75) is 76.7 Å². The van der Waals surface area contributed by atoms with Gasteiger partial charge in [0.1, 0.15) is 0 Å². The van der Waals surface area contributed by atoms with Gasteiger partial charge in [-0.1, -0.05) is 66.5 Å². The number of allylic oxidation sites excluding steroid dienone is 8. The monoisotopic (exact) mass is 472 g/mol. The Morgan fingerprint density at radius 1 is 0.969 bits per heavy atom. The molecule has 4 heteroatoms. The number of Topliss-reactive ketones (excluding diaryl/α,β-unsaturated/α-hetero) is 1. The highest BCUT2D eigenvalue weighted by Crippen LogP contribution is 2.35. The molecule has 0 saturated carbocycles. The van der Waals surface area contributed by atoms with Gasteiger partial charge in [-0.25, -0.2) is 0 Å². The predicted molar refractivity (Wildman–Crippen MR) is 145 cm³/mol. The third-order valence-corrected chi connectivity index (χ3v) is 6.54. The van der Waals surface area contributed by atoms with E-state index in [2.05, 4.69) is 27.7 Å². The van der Waals surface area contributed by atoms with Crippen molar-refractivity contribution in [2.75, 3.05) is 0 Å². The Kier molecular flexibility index (Phi) is 11.6. The van der Waals surface area contributed by atoms with Crippen molar-refractivity contribution in [1.82, 2.24) is 0 Å². The molecule has 0 bridgehead atoms. The molecule has 0 spiro atoms. The summed E-state index contributed by atoms with van der Waals surface area (Å²) < 4.78 is 0. The molecule has 0 amide bonds. The first kappa shape index (κ1) is 30.1. The van der Waals surface area contributed by atoms with Crippen molar-refractivity contribution in [3.63, 3.8) is 0 Å². The minimum Gasteiger partial charge on any atom is -0.871 e. The van der Waals surface area contributed by atoms with E-state index in [1.54, 1.807) is 35.3 Å². The molecule has 2 aliphatic rings. The van der Waals surface area contributed by atoms with Crippen LogP contribution < -0.4 is 5.11 Å². The lowest BCUT2D eigenvalue weighted by molar-refractivity contribution is -0.300. The number of hydrogen-bond acceptors (Lipinski definition) is 3. The molecule has 1 aromatic heterocycles. The average Bonchev–Trinajstić information content (AvgIpc) is 2.62. The van der Waals surface area contributed by atoms with Gasteiger partial charge in [0.25, 0.3) is 0 Å². The van der Waals surface area contributed by atoms with Gasteiger partial charge in [0.15, 0.2) is 5.78 Å². The van der Waals surface area contributed by atoms with Crippen LogP contribution in [0.1, 0.15) is 78.1 Å². The first-order chi connectivity index (χ1) is 13.9. The van der Waals surface area contributed by atoms with Gasteiger partial charge in [-0.15, -0.1) is 0 Å². The molecule has 0 saturated heterocycles. The summed E-state index contributed by atoms with van der Waals surface area (Å²) in [7, 11) is 0. The van der Waals surface area contributed by atoms with E-state index >= 15 is 0 Å². The van der Waals surface area contributed by atoms with Crippen LogP contribution in [0.3, 0.4) is 0 Å². The fraction of sp³-hybridized carbons (Fsp3) is 0.429. The number of thioether (sulfide) groups is 1. The van der Waals surface area contributed by atoms with E-state index in [0.29, 0.717) is 5.41 Å². The molecule has 0 fully saturated rings. The van der Waals surface area contributed by atoms with Gasteiger partial charge in [0, 0.05) is 37.1 Å². The smallest absolute Gasteiger partial charge is 0.217 e. The summed E-state index contributed by atoms with van der Waals surface area (Å²) in [5.74, 6) is -0.323. The number of rotatable bonds is 2. The summed E-state index contributed by atoms with van der Waals surface area (Å²) in [5, 5.41) is 12.4. The van der Waals surface area contributed by atoms with E-state index in [0.717, 1.165) is 30.7 Å². The van der Waals surface area contributed by atoms with Crippen molar-refractivity contribution in [3.05, 3.63) is 78.0 Å². The van der Waals surface area contributed by atoms with Gasteiger partial charge in [-0.2, -0.15) is 0 Å². The number of hydrogen-bond donors (Lipinski definition) is 0. The molecule has 0 N–H and O–H groups in total. The Balaban J connectivity index is 0.00000107. The van der Waals surface area contributed by atoms with Crippen LogP contribution in [0.25, 0.3) is 6.08 Å². The maximum absolute atomic E-state index is 12.4. The topological polar surface area (TPSA) is 40.1 Å². The summed E-state index contributed by atoms with van der Waals surface area (Å²) in [5.41, 5.74) is 2.92. The SMILES string of the molecule is C.C.CC1=CC(=CC2=C([O-])/C(=C/c3cc(C)[s+]c(C)c3)C2=O)C=C(C)S1.CCC(C)(C)C. The average molecular weight is 473 g/mol. The van der Waals surface area contributed by atoms with Crippen LogP contribution >= 0.6 is 23.1 Å². The van der Waals surface area contributed by atoms with Gasteiger partial charge >= 0.3 is 0 Å². The molecule has 1 aromatic rings. The molecular weight excluding hydrogens is 432 g/mol. The Hall–Kier alpha value is -1.91. The van der Waals surface area contributed by atoms with Gasteiger partial charge < -0.3 is 5.11 Å².